The third-order valence-corrected chi connectivity index (χ3v) is 12.7. The van der Waals surface area contributed by atoms with Gasteiger partial charge >= 0.3 is 0 Å². The van der Waals surface area contributed by atoms with Gasteiger partial charge in [0.2, 0.25) is 0 Å². The van der Waals surface area contributed by atoms with Crippen LogP contribution in [0, 0.1) is 21.4 Å². The first-order valence-electron chi connectivity index (χ1n) is 23.8. The summed E-state index contributed by atoms with van der Waals surface area (Å²) in [6.45, 7) is 0.774. The van der Waals surface area contributed by atoms with Crippen LogP contribution >= 0.6 is 11.6 Å². The second kappa shape index (κ2) is 17.9. The summed E-state index contributed by atoms with van der Waals surface area (Å²) in [6, 6.07) is 18.8. The standard InChI is InChI=1S/C45H50ClN7O7S/c1-45(2)15-11-33(39(26-45)31-3-5-34(46)6-4-31)29-51-17-19-52(20-18-51)35-7-9-38(42(24-35)60-36-23-32-12-16-47-43(32)49-28-36)44(54)50-61(57,58)37-8-10-40(41(25-37)53(55)56)48-27-30-13-21-59-22-14-30/h3-10,12,16,23-25,28,30,48H,11,13-15,17-22,26-27,29H2,1-2H3,(H,47,49)(H,50,54)/i13D2,14D2,21D2,22D2. The van der Waals surface area contributed by atoms with E-state index in [1.54, 1.807) is 30.5 Å². The molecule has 0 atom stereocenters. The number of nitro groups is 1. The number of anilines is 2. The highest BCUT2D eigenvalue weighted by molar-refractivity contribution is 7.90. The van der Waals surface area contributed by atoms with Crippen LogP contribution in [0.1, 0.15) is 72.7 Å². The van der Waals surface area contributed by atoms with Crippen molar-refractivity contribution >= 4 is 61.2 Å². The molecule has 3 aromatic carbocycles. The number of fused-ring (bicyclic) bond motifs is 1. The number of piperazine rings is 1. The zero-order valence-electron chi connectivity index (χ0n) is 41.5. The first-order valence-corrected chi connectivity index (χ1v) is 21.6. The number of benzene rings is 3. The van der Waals surface area contributed by atoms with Gasteiger partial charge < -0.3 is 24.7 Å². The molecule has 16 heteroatoms. The van der Waals surface area contributed by atoms with Gasteiger partial charge in [-0.2, -0.15) is 0 Å². The number of aromatic nitrogens is 2. The van der Waals surface area contributed by atoms with Gasteiger partial charge in [0.1, 0.15) is 22.8 Å². The van der Waals surface area contributed by atoms with Gasteiger partial charge in [0, 0.05) is 92.3 Å². The van der Waals surface area contributed by atoms with Crippen LogP contribution in [-0.4, -0.2) is 86.5 Å². The highest BCUT2D eigenvalue weighted by atomic mass is 35.5. The van der Waals surface area contributed by atoms with Crippen LogP contribution < -0.4 is 19.7 Å². The number of pyridine rings is 1. The van der Waals surface area contributed by atoms with Crippen molar-refractivity contribution < 1.29 is 38.6 Å². The van der Waals surface area contributed by atoms with Gasteiger partial charge in [-0.1, -0.05) is 43.2 Å². The van der Waals surface area contributed by atoms with Crippen LogP contribution in [0.2, 0.25) is 5.02 Å². The van der Waals surface area contributed by atoms with Gasteiger partial charge in [0.15, 0.2) is 0 Å². The van der Waals surface area contributed by atoms with Crippen molar-refractivity contribution in [3.63, 3.8) is 0 Å². The van der Waals surface area contributed by atoms with E-state index >= 15 is 0 Å². The van der Waals surface area contributed by atoms with Crippen molar-refractivity contribution in [2.75, 3.05) is 62.6 Å². The predicted molar refractivity (Wildman–Crippen MR) is 237 cm³/mol. The molecule has 4 heterocycles. The van der Waals surface area contributed by atoms with Crippen LogP contribution in [0.3, 0.4) is 0 Å². The fourth-order valence-corrected chi connectivity index (χ4v) is 8.88. The topological polar surface area (TPSA) is 172 Å². The number of nitro benzene ring substituents is 1. The highest BCUT2D eigenvalue weighted by Crippen LogP contribution is 2.43. The zero-order chi connectivity index (χ0) is 49.9. The molecule has 1 aliphatic carbocycles. The maximum absolute atomic E-state index is 14.0. The Morgan fingerprint density at radius 3 is 2.59 bits per heavy atom. The van der Waals surface area contributed by atoms with E-state index in [-0.39, 0.29) is 22.5 Å². The summed E-state index contributed by atoms with van der Waals surface area (Å²) >= 11 is 6.23. The summed E-state index contributed by atoms with van der Waals surface area (Å²) in [5.74, 6) is -2.94. The normalized spacial score (nSPS) is 22.9. The van der Waals surface area contributed by atoms with E-state index in [4.69, 9.17) is 27.3 Å². The van der Waals surface area contributed by atoms with Crippen molar-refractivity contribution in [1.82, 2.24) is 19.6 Å². The molecule has 2 aromatic heterocycles. The Kier molecular flexibility index (Phi) is 9.71. The van der Waals surface area contributed by atoms with E-state index in [2.05, 4.69) is 55.8 Å². The van der Waals surface area contributed by atoms with E-state index < -0.39 is 75.5 Å². The molecule has 61 heavy (non-hydrogen) atoms. The molecule has 3 aliphatic rings. The van der Waals surface area contributed by atoms with Crippen molar-refractivity contribution in [2.45, 2.75) is 50.8 Å². The quantitative estimate of drug-likeness (QED) is 0.0764. The average Bonchev–Trinajstić information content (AvgIpc) is 3.74. The average molecular weight is 877 g/mol. The van der Waals surface area contributed by atoms with E-state index in [0.29, 0.717) is 35.5 Å². The molecule has 2 aliphatic heterocycles. The Balaban J connectivity index is 1.01. The number of hydrogen-bond donors (Lipinski definition) is 3. The molecule has 2 saturated heterocycles. The number of sulfonamides is 1. The molecule has 5 aromatic rings. The third kappa shape index (κ3) is 10.0. The van der Waals surface area contributed by atoms with Crippen LogP contribution in [0.5, 0.6) is 11.5 Å². The molecule has 0 unspecified atom stereocenters. The number of ether oxygens (including phenoxy) is 2. The lowest BCUT2D eigenvalue weighted by atomic mass is 9.72. The summed E-state index contributed by atoms with van der Waals surface area (Å²) in [5, 5.41) is 16.2. The van der Waals surface area contributed by atoms with Crippen LogP contribution in [0.25, 0.3) is 16.6 Å². The first-order chi connectivity index (χ1) is 32.3. The summed E-state index contributed by atoms with van der Waals surface area (Å²) in [7, 11) is -4.84. The summed E-state index contributed by atoms with van der Waals surface area (Å²) < 4.78 is 105. The van der Waals surface area contributed by atoms with E-state index in [1.165, 1.54) is 29.0 Å². The number of carbonyl (C=O) groups is 1. The van der Waals surface area contributed by atoms with Crippen molar-refractivity contribution in [3.05, 3.63) is 117 Å². The van der Waals surface area contributed by atoms with Crippen molar-refractivity contribution in [2.24, 2.45) is 11.3 Å². The van der Waals surface area contributed by atoms with Crippen LogP contribution in [0.15, 0.2) is 95.7 Å². The van der Waals surface area contributed by atoms with Gasteiger partial charge in [0.05, 0.1) is 27.1 Å². The number of carbonyl (C=O) groups excluding carboxylic acids is 1. The van der Waals surface area contributed by atoms with Crippen LogP contribution in [-0.2, 0) is 14.8 Å². The number of rotatable bonds is 13. The van der Waals surface area contributed by atoms with Gasteiger partial charge in [0.25, 0.3) is 21.6 Å². The molecule has 1 amide bonds. The van der Waals surface area contributed by atoms with E-state index in [9.17, 15) is 23.3 Å². The maximum atomic E-state index is 14.0. The molecular weight excluding hydrogens is 818 g/mol. The highest BCUT2D eigenvalue weighted by Gasteiger charge is 2.31. The Labute approximate surface area is 371 Å². The number of halogens is 1. The second-order valence-corrected chi connectivity index (χ2v) is 18.1. The monoisotopic (exact) mass is 875 g/mol. The molecule has 2 fully saturated rings. The minimum absolute atomic E-state index is 0.00835. The lowest BCUT2D eigenvalue weighted by Crippen LogP contribution is -2.47. The predicted octanol–water partition coefficient (Wildman–Crippen LogP) is 8.66. The summed E-state index contributed by atoms with van der Waals surface area (Å²) in [6.07, 6.45) is -0.0492. The third-order valence-electron chi connectivity index (χ3n) is 11.1. The van der Waals surface area contributed by atoms with Crippen LogP contribution in [0.4, 0.5) is 17.1 Å². The molecule has 3 N–H and O–H groups in total. The molecule has 0 radical (unpaired) electrons. The SMILES string of the molecule is [2H]C1([2H])OC([2H])([2H])C([2H])([2H])C(CNc2ccc(S(=O)(=O)NC(=O)c3ccc(N4CCN(CC5=C(c6ccc(Cl)cc6)CC(C)(C)CC5)CC4)cc3Oc3cnc4[nH]ccc4c3)cc2[N+](=O)[O-])C1([2H])[2H]. The maximum Gasteiger partial charge on any atom is 0.293 e. The molecule has 14 nitrogen and oxygen atoms in total. The van der Waals surface area contributed by atoms with Gasteiger partial charge in [-0.25, -0.2) is 18.1 Å². The number of nitrogens with one attached hydrogen (secondary N) is 3. The smallest absolute Gasteiger partial charge is 0.293 e. The Morgan fingerprint density at radius 2 is 1.84 bits per heavy atom. The first kappa shape index (κ1) is 33.2. The lowest BCUT2D eigenvalue weighted by molar-refractivity contribution is -0.384. The Bertz CT molecular complexity index is 2920. The number of H-pyrrole nitrogens is 1. The summed E-state index contributed by atoms with van der Waals surface area (Å²) in [4.78, 5) is 36.6. The fraction of sp³-hybridized carbons (Fsp3) is 0.378. The summed E-state index contributed by atoms with van der Waals surface area (Å²) in [5.41, 5.74) is 4.00. The number of nitrogens with zero attached hydrogens (tertiary/aromatic N) is 4. The molecule has 0 spiro atoms. The van der Waals surface area contributed by atoms with Crippen molar-refractivity contribution in [3.8, 4) is 11.5 Å². The molecule has 0 saturated carbocycles. The molecule has 8 rings (SSSR count). The van der Waals surface area contributed by atoms with Gasteiger partial charge in [-0.15, -0.1) is 0 Å². The number of allylic oxidation sites excluding steroid dienone is 1. The second-order valence-electron chi connectivity index (χ2n) is 16.0. The molecule has 320 valence electrons. The van der Waals surface area contributed by atoms with E-state index in [1.807, 2.05) is 16.9 Å². The minimum atomic E-state index is -4.84. The fourth-order valence-electron chi connectivity index (χ4n) is 7.77. The largest absolute Gasteiger partial charge is 0.455 e. The van der Waals surface area contributed by atoms with Gasteiger partial charge in [-0.3, -0.25) is 19.8 Å². The molecular formula is C45H50ClN7O7S. The number of hydrogen-bond acceptors (Lipinski definition) is 11. The lowest BCUT2D eigenvalue weighted by Gasteiger charge is -2.39. The minimum Gasteiger partial charge on any atom is -0.455 e. The number of amides is 1. The Hall–Kier alpha value is -5.48. The van der Waals surface area contributed by atoms with E-state index in [0.717, 1.165) is 56.4 Å². The molecule has 0 bridgehead atoms. The Morgan fingerprint density at radius 1 is 1.07 bits per heavy atom. The van der Waals surface area contributed by atoms with Crippen molar-refractivity contribution in [1.29, 1.82) is 0 Å². The van der Waals surface area contributed by atoms with Gasteiger partial charge in [-0.05, 0) is 103 Å². The number of aromatic amines is 1. The zero-order valence-corrected chi connectivity index (χ0v) is 35.0.